The van der Waals surface area contributed by atoms with Crippen LogP contribution < -0.4 is 15.3 Å². The molecule has 1 aliphatic rings. The number of benzene rings is 2. The lowest BCUT2D eigenvalue weighted by Crippen LogP contribution is -2.44. The number of nitrogens with zero attached hydrogens (tertiary/aromatic N) is 4. The van der Waals surface area contributed by atoms with E-state index >= 15 is 0 Å². The lowest BCUT2D eigenvalue weighted by molar-refractivity contribution is 0.313. The van der Waals surface area contributed by atoms with E-state index < -0.39 is 10.0 Å². The fraction of sp³-hybridized carbons (Fsp3) is 0.350. The Hall–Kier alpha value is -2.78. The van der Waals surface area contributed by atoms with E-state index in [1.165, 1.54) is 4.57 Å². The summed E-state index contributed by atoms with van der Waals surface area (Å²) >= 11 is 0. The van der Waals surface area contributed by atoms with Crippen LogP contribution in [0.5, 0.6) is 0 Å². The number of aryl methyl sites for hydroxylation is 2. The van der Waals surface area contributed by atoms with E-state index in [-0.39, 0.29) is 10.6 Å². The van der Waals surface area contributed by atoms with Crippen LogP contribution >= 0.6 is 0 Å². The molecule has 29 heavy (non-hydrogen) atoms. The van der Waals surface area contributed by atoms with Crippen LogP contribution in [0.3, 0.4) is 0 Å². The van der Waals surface area contributed by atoms with Crippen LogP contribution in [-0.4, -0.2) is 55.7 Å². The van der Waals surface area contributed by atoms with Gasteiger partial charge in [-0.2, -0.15) is 0 Å². The maximum atomic E-state index is 13.0. The van der Waals surface area contributed by atoms with Crippen molar-refractivity contribution in [2.75, 3.05) is 42.8 Å². The van der Waals surface area contributed by atoms with E-state index in [1.54, 1.807) is 55.1 Å². The van der Waals surface area contributed by atoms with E-state index in [9.17, 15) is 13.2 Å². The number of nitrogens with one attached hydrogen (secondary N) is 1. The first kappa shape index (κ1) is 19.5. The summed E-state index contributed by atoms with van der Waals surface area (Å²) in [6.07, 6.45) is 0. The number of imidazole rings is 1. The summed E-state index contributed by atoms with van der Waals surface area (Å²) in [5.41, 5.74) is 2.57. The van der Waals surface area contributed by atoms with Gasteiger partial charge in [0.25, 0.3) is 10.0 Å². The van der Waals surface area contributed by atoms with Gasteiger partial charge in [-0.3, -0.25) is 13.9 Å². The van der Waals surface area contributed by atoms with E-state index in [1.807, 2.05) is 6.07 Å². The Morgan fingerprint density at radius 1 is 0.862 bits per heavy atom. The number of aromatic nitrogens is 2. The molecule has 0 bridgehead atoms. The Kier molecular flexibility index (Phi) is 4.87. The average molecular weight is 416 g/mol. The van der Waals surface area contributed by atoms with E-state index in [0.717, 1.165) is 37.4 Å². The molecule has 0 saturated carbocycles. The average Bonchev–Trinajstić information content (AvgIpc) is 2.92. The lowest BCUT2D eigenvalue weighted by atomic mass is 10.2. The molecule has 154 valence electrons. The van der Waals surface area contributed by atoms with Crippen molar-refractivity contribution < 1.29 is 8.42 Å². The van der Waals surface area contributed by atoms with Crippen molar-refractivity contribution >= 4 is 32.4 Å². The summed E-state index contributed by atoms with van der Waals surface area (Å²) in [5, 5.41) is 0. The molecule has 2 aromatic carbocycles. The number of piperazine rings is 1. The molecule has 0 atom stereocenters. The summed E-state index contributed by atoms with van der Waals surface area (Å²) in [6.45, 7) is 3.33. The fourth-order valence-corrected chi connectivity index (χ4v) is 4.81. The first-order valence-corrected chi connectivity index (χ1v) is 11.0. The van der Waals surface area contributed by atoms with Gasteiger partial charge in [0.2, 0.25) is 0 Å². The Morgan fingerprint density at radius 3 is 2.07 bits per heavy atom. The molecular weight excluding hydrogens is 390 g/mol. The number of likely N-dealkylation sites (N-methyl/N-ethyl adjacent to an activating group) is 1. The molecular formula is C20H25N5O3S. The second-order valence-corrected chi connectivity index (χ2v) is 9.15. The Labute approximate surface area is 170 Å². The number of hydrogen-bond acceptors (Lipinski definition) is 5. The van der Waals surface area contributed by atoms with Crippen molar-refractivity contribution in [2.24, 2.45) is 14.1 Å². The highest BCUT2D eigenvalue weighted by molar-refractivity contribution is 7.92. The Balaban J connectivity index is 1.85. The standard InChI is InChI=1S/C20H25N5O3S/c1-22-9-11-25(12-10-22)17-14-19-18(23(2)20(26)24(19)3)13-16(17)21-29(27,28)15-7-5-4-6-8-15/h4-8,13-14,21H,9-12H2,1-3H3. The number of fused-ring (bicyclic) bond motifs is 1. The SMILES string of the molecule is CN1CCN(c2cc3c(cc2NS(=O)(=O)c2ccccc2)n(C)c(=O)n3C)CC1. The minimum Gasteiger partial charge on any atom is -0.367 e. The maximum absolute atomic E-state index is 13.0. The van der Waals surface area contributed by atoms with E-state index in [4.69, 9.17) is 0 Å². The molecule has 1 saturated heterocycles. The molecule has 9 heteroatoms. The van der Waals surface area contributed by atoms with Crippen LogP contribution in [0.2, 0.25) is 0 Å². The largest absolute Gasteiger partial charge is 0.367 e. The molecule has 0 unspecified atom stereocenters. The molecule has 0 spiro atoms. The number of sulfonamides is 1. The zero-order valence-corrected chi connectivity index (χ0v) is 17.6. The molecule has 8 nitrogen and oxygen atoms in total. The van der Waals surface area contributed by atoms with Gasteiger partial charge in [-0.15, -0.1) is 0 Å². The van der Waals surface area contributed by atoms with Gasteiger partial charge in [0.1, 0.15) is 0 Å². The van der Waals surface area contributed by atoms with Crippen LogP contribution in [0, 0.1) is 0 Å². The number of hydrogen-bond donors (Lipinski definition) is 1. The minimum atomic E-state index is -3.75. The van der Waals surface area contributed by atoms with Gasteiger partial charge in [-0.1, -0.05) is 18.2 Å². The first-order chi connectivity index (χ1) is 13.8. The van der Waals surface area contributed by atoms with Crippen molar-refractivity contribution in [2.45, 2.75) is 4.90 Å². The Bertz CT molecular complexity index is 1210. The molecule has 4 rings (SSSR count). The van der Waals surface area contributed by atoms with Gasteiger partial charge >= 0.3 is 5.69 Å². The summed E-state index contributed by atoms with van der Waals surface area (Å²) < 4.78 is 31.8. The summed E-state index contributed by atoms with van der Waals surface area (Å²) in [7, 11) is 1.74. The van der Waals surface area contributed by atoms with Gasteiger partial charge in [-0.05, 0) is 31.3 Å². The first-order valence-electron chi connectivity index (χ1n) is 9.49. The van der Waals surface area contributed by atoms with Gasteiger partial charge < -0.3 is 9.80 Å². The topological polar surface area (TPSA) is 79.6 Å². The smallest absolute Gasteiger partial charge is 0.328 e. The van der Waals surface area contributed by atoms with Crippen LogP contribution in [0.4, 0.5) is 11.4 Å². The number of anilines is 2. The van der Waals surface area contributed by atoms with Gasteiger partial charge in [0, 0.05) is 40.3 Å². The number of rotatable bonds is 4. The van der Waals surface area contributed by atoms with Gasteiger partial charge in [-0.25, -0.2) is 13.2 Å². The summed E-state index contributed by atoms with van der Waals surface area (Å²) in [4.78, 5) is 17.0. The van der Waals surface area contributed by atoms with Crippen molar-refractivity contribution in [1.29, 1.82) is 0 Å². The molecule has 0 radical (unpaired) electrons. The molecule has 0 aliphatic carbocycles. The molecule has 2 heterocycles. The molecule has 1 aromatic heterocycles. The second-order valence-electron chi connectivity index (χ2n) is 7.47. The van der Waals surface area contributed by atoms with Crippen molar-refractivity contribution in [3.05, 3.63) is 52.9 Å². The predicted octanol–water partition coefficient (Wildman–Crippen LogP) is 1.43. The third-order valence-corrected chi connectivity index (χ3v) is 6.91. The molecule has 0 amide bonds. The van der Waals surface area contributed by atoms with Crippen LogP contribution in [0.1, 0.15) is 0 Å². The predicted molar refractivity (Wildman–Crippen MR) is 115 cm³/mol. The molecule has 1 fully saturated rings. The third kappa shape index (κ3) is 3.51. The molecule has 1 aliphatic heterocycles. The van der Waals surface area contributed by atoms with Crippen molar-refractivity contribution in [3.63, 3.8) is 0 Å². The second kappa shape index (κ2) is 7.23. The highest BCUT2D eigenvalue weighted by atomic mass is 32.2. The van der Waals surface area contributed by atoms with Crippen LogP contribution in [0.25, 0.3) is 11.0 Å². The highest BCUT2D eigenvalue weighted by Crippen LogP contribution is 2.33. The summed E-state index contributed by atoms with van der Waals surface area (Å²) in [5.74, 6) is 0. The Morgan fingerprint density at radius 2 is 1.45 bits per heavy atom. The fourth-order valence-electron chi connectivity index (χ4n) is 3.73. The molecule has 1 N–H and O–H groups in total. The lowest BCUT2D eigenvalue weighted by Gasteiger charge is -2.35. The normalized spacial score (nSPS) is 15.8. The maximum Gasteiger partial charge on any atom is 0.328 e. The van der Waals surface area contributed by atoms with E-state index in [0.29, 0.717) is 11.2 Å². The van der Waals surface area contributed by atoms with Crippen LogP contribution in [0.15, 0.2) is 52.2 Å². The summed E-state index contributed by atoms with van der Waals surface area (Å²) in [6, 6.07) is 12.0. The highest BCUT2D eigenvalue weighted by Gasteiger charge is 2.23. The van der Waals surface area contributed by atoms with Crippen molar-refractivity contribution in [3.8, 4) is 0 Å². The van der Waals surface area contributed by atoms with Gasteiger partial charge in [0.15, 0.2) is 0 Å². The van der Waals surface area contributed by atoms with Crippen LogP contribution in [-0.2, 0) is 24.1 Å². The minimum absolute atomic E-state index is 0.146. The zero-order chi connectivity index (χ0) is 20.8. The van der Waals surface area contributed by atoms with E-state index in [2.05, 4.69) is 21.6 Å². The third-order valence-electron chi connectivity index (χ3n) is 5.53. The van der Waals surface area contributed by atoms with Gasteiger partial charge in [0.05, 0.1) is 27.3 Å². The molecule has 3 aromatic rings. The van der Waals surface area contributed by atoms with Crippen molar-refractivity contribution in [1.82, 2.24) is 14.0 Å². The zero-order valence-electron chi connectivity index (χ0n) is 16.8. The monoisotopic (exact) mass is 415 g/mol. The quantitative estimate of drug-likeness (QED) is 0.697.